The van der Waals surface area contributed by atoms with E-state index in [2.05, 4.69) is 26.7 Å². The fourth-order valence-electron chi connectivity index (χ4n) is 4.12. The second-order valence-electron chi connectivity index (χ2n) is 7.55. The van der Waals surface area contributed by atoms with Gasteiger partial charge in [0.25, 0.3) is 0 Å². The molecule has 0 aliphatic carbocycles. The van der Waals surface area contributed by atoms with Gasteiger partial charge in [0.05, 0.1) is 6.04 Å². The van der Waals surface area contributed by atoms with Crippen molar-refractivity contribution in [1.82, 2.24) is 24.6 Å². The molecule has 1 unspecified atom stereocenters. The summed E-state index contributed by atoms with van der Waals surface area (Å²) in [6.45, 7) is 3.70. The van der Waals surface area contributed by atoms with Gasteiger partial charge in [-0.15, -0.1) is 10.2 Å². The van der Waals surface area contributed by atoms with Crippen LogP contribution in [0.2, 0.25) is 5.02 Å². The van der Waals surface area contributed by atoms with E-state index in [9.17, 15) is 4.79 Å². The predicted octanol–water partition coefficient (Wildman–Crippen LogP) is 2.72. The van der Waals surface area contributed by atoms with Crippen LogP contribution in [0.1, 0.15) is 42.5 Å². The van der Waals surface area contributed by atoms with Crippen LogP contribution >= 0.6 is 11.6 Å². The standard InChI is InChI=1S/C20H26ClN5O/c1-24-11-9-18-22-23-20(26(18)13-12-24)17-6-3-10-25(17)19(27)8-7-15-4-2-5-16(21)14-15/h2,4-5,14,17H,3,6-13H2,1H3. The van der Waals surface area contributed by atoms with Crippen LogP contribution in [0.5, 0.6) is 0 Å². The molecule has 1 saturated heterocycles. The van der Waals surface area contributed by atoms with E-state index in [-0.39, 0.29) is 11.9 Å². The Hall–Kier alpha value is -1.92. The van der Waals surface area contributed by atoms with Crippen LogP contribution in [-0.4, -0.2) is 57.2 Å². The number of fused-ring (bicyclic) bond motifs is 1. The van der Waals surface area contributed by atoms with Crippen LogP contribution in [-0.2, 0) is 24.2 Å². The molecule has 7 heteroatoms. The quantitative estimate of drug-likeness (QED) is 0.809. The van der Waals surface area contributed by atoms with Crippen molar-refractivity contribution in [2.75, 3.05) is 26.7 Å². The molecule has 0 saturated carbocycles. The third kappa shape index (κ3) is 4.01. The number of carbonyl (C=O) groups excluding carboxylic acids is 1. The van der Waals surface area contributed by atoms with Gasteiger partial charge < -0.3 is 14.4 Å². The lowest BCUT2D eigenvalue weighted by Gasteiger charge is -2.25. The highest BCUT2D eigenvalue weighted by atomic mass is 35.5. The van der Waals surface area contributed by atoms with Crippen molar-refractivity contribution in [3.05, 3.63) is 46.5 Å². The van der Waals surface area contributed by atoms with Crippen molar-refractivity contribution in [2.24, 2.45) is 0 Å². The van der Waals surface area contributed by atoms with Gasteiger partial charge >= 0.3 is 0 Å². The maximum Gasteiger partial charge on any atom is 0.223 e. The van der Waals surface area contributed by atoms with Crippen molar-refractivity contribution in [3.63, 3.8) is 0 Å². The van der Waals surface area contributed by atoms with Gasteiger partial charge in [0.2, 0.25) is 5.91 Å². The number of benzene rings is 1. The number of hydrogen-bond acceptors (Lipinski definition) is 4. The summed E-state index contributed by atoms with van der Waals surface area (Å²) in [4.78, 5) is 17.3. The van der Waals surface area contributed by atoms with E-state index in [1.54, 1.807) is 0 Å². The molecule has 6 nitrogen and oxygen atoms in total. The largest absolute Gasteiger partial charge is 0.332 e. The molecule has 1 aromatic heterocycles. The van der Waals surface area contributed by atoms with Crippen molar-refractivity contribution < 1.29 is 4.79 Å². The lowest BCUT2D eigenvalue weighted by molar-refractivity contribution is -0.132. The Kier molecular flexibility index (Phi) is 5.45. The molecule has 1 aromatic carbocycles. The number of hydrogen-bond donors (Lipinski definition) is 0. The first-order chi connectivity index (χ1) is 13.1. The molecule has 1 fully saturated rings. The molecule has 0 N–H and O–H groups in total. The number of halogens is 1. The molecule has 2 aromatic rings. The van der Waals surface area contributed by atoms with Gasteiger partial charge in [0.1, 0.15) is 5.82 Å². The Bertz CT molecular complexity index is 820. The van der Waals surface area contributed by atoms with Gasteiger partial charge in [0, 0.05) is 44.0 Å². The average Bonchev–Trinajstić information content (AvgIpc) is 3.25. The zero-order valence-corrected chi connectivity index (χ0v) is 16.5. The summed E-state index contributed by atoms with van der Waals surface area (Å²) in [7, 11) is 2.14. The molecule has 27 heavy (non-hydrogen) atoms. The minimum atomic E-state index is 0.0570. The van der Waals surface area contributed by atoms with Crippen LogP contribution < -0.4 is 0 Å². The fraction of sp³-hybridized carbons (Fsp3) is 0.550. The summed E-state index contributed by atoms with van der Waals surface area (Å²) in [6, 6.07) is 7.81. The van der Waals surface area contributed by atoms with Crippen molar-refractivity contribution in [3.8, 4) is 0 Å². The summed E-state index contributed by atoms with van der Waals surface area (Å²) in [5.41, 5.74) is 1.10. The molecule has 2 aliphatic rings. The van der Waals surface area contributed by atoms with Gasteiger partial charge in [-0.05, 0) is 44.0 Å². The van der Waals surface area contributed by atoms with Crippen molar-refractivity contribution in [2.45, 2.75) is 44.7 Å². The monoisotopic (exact) mass is 387 g/mol. The molecule has 4 rings (SSSR count). The topological polar surface area (TPSA) is 54.3 Å². The summed E-state index contributed by atoms with van der Waals surface area (Å²) in [5, 5.41) is 9.64. The van der Waals surface area contributed by atoms with E-state index in [0.717, 1.165) is 67.7 Å². The molecule has 2 aliphatic heterocycles. The zero-order chi connectivity index (χ0) is 18.8. The minimum Gasteiger partial charge on any atom is -0.332 e. The summed E-state index contributed by atoms with van der Waals surface area (Å²) in [6.07, 6.45) is 4.12. The first kappa shape index (κ1) is 18.4. The van der Waals surface area contributed by atoms with Crippen LogP contribution in [0, 0.1) is 0 Å². The second-order valence-corrected chi connectivity index (χ2v) is 7.99. The van der Waals surface area contributed by atoms with E-state index < -0.39 is 0 Å². The smallest absolute Gasteiger partial charge is 0.223 e. The Morgan fingerprint density at radius 2 is 2.11 bits per heavy atom. The third-order valence-corrected chi connectivity index (χ3v) is 5.90. The Balaban J connectivity index is 1.46. The number of amides is 1. The molecule has 0 spiro atoms. The highest BCUT2D eigenvalue weighted by Gasteiger charge is 2.34. The second kappa shape index (κ2) is 7.98. The number of rotatable bonds is 4. The normalized spacial score (nSPS) is 20.5. The highest BCUT2D eigenvalue weighted by Crippen LogP contribution is 2.32. The van der Waals surface area contributed by atoms with E-state index in [0.29, 0.717) is 12.8 Å². The average molecular weight is 388 g/mol. The van der Waals surface area contributed by atoms with Crippen LogP contribution in [0.25, 0.3) is 0 Å². The number of likely N-dealkylation sites (tertiary alicyclic amines) is 1. The SMILES string of the molecule is CN1CCc2nnc(C3CCCN3C(=O)CCc3cccc(Cl)c3)n2CC1. The number of nitrogens with zero attached hydrogens (tertiary/aromatic N) is 5. The van der Waals surface area contributed by atoms with Gasteiger partial charge in [-0.1, -0.05) is 23.7 Å². The van der Waals surface area contributed by atoms with Gasteiger partial charge in [-0.3, -0.25) is 4.79 Å². The summed E-state index contributed by atoms with van der Waals surface area (Å²) in [5.74, 6) is 2.21. The minimum absolute atomic E-state index is 0.0570. The lowest BCUT2D eigenvalue weighted by Crippen LogP contribution is -2.32. The number of aryl methyl sites for hydroxylation is 1. The Morgan fingerprint density at radius 1 is 1.22 bits per heavy atom. The maximum atomic E-state index is 12.9. The molecule has 1 atom stereocenters. The van der Waals surface area contributed by atoms with E-state index >= 15 is 0 Å². The summed E-state index contributed by atoms with van der Waals surface area (Å²) >= 11 is 6.05. The van der Waals surface area contributed by atoms with Gasteiger partial charge in [-0.25, -0.2) is 0 Å². The van der Waals surface area contributed by atoms with Crippen molar-refractivity contribution in [1.29, 1.82) is 0 Å². The number of carbonyl (C=O) groups is 1. The first-order valence-corrected chi connectivity index (χ1v) is 10.1. The molecule has 0 radical (unpaired) electrons. The van der Waals surface area contributed by atoms with E-state index in [4.69, 9.17) is 11.6 Å². The Morgan fingerprint density at radius 3 is 2.96 bits per heavy atom. The Labute approximate surface area is 165 Å². The highest BCUT2D eigenvalue weighted by molar-refractivity contribution is 6.30. The van der Waals surface area contributed by atoms with Crippen molar-refractivity contribution >= 4 is 17.5 Å². The molecule has 3 heterocycles. The fourth-order valence-corrected chi connectivity index (χ4v) is 4.33. The zero-order valence-electron chi connectivity index (χ0n) is 15.8. The van der Waals surface area contributed by atoms with Crippen LogP contribution in [0.4, 0.5) is 0 Å². The molecular weight excluding hydrogens is 362 g/mol. The number of likely N-dealkylation sites (N-methyl/N-ethyl adjacent to an activating group) is 1. The van der Waals surface area contributed by atoms with Gasteiger partial charge in [-0.2, -0.15) is 0 Å². The first-order valence-electron chi connectivity index (χ1n) is 9.76. The van der Waals surface area contributed by atoms with Gasteiger partial charge in [0.15, 0.2) is 5.82 Å². The lowest BCUT2D eigenvalue weighted by atomic mass is 10.1. The molecule has 0 bridgehead atoms. The molecule has 144 valence electrons. The van der Waals surface area contributed by atoms with E-state index in [1.807, 2.05) is 29.2 Å². The number of aromatic nitrogens is 3. The molecule has 1 amide bonds. The molecular formula is C20H26ClN5O. The van der Waals surface area contributed by atoms with Crippen LogP contribution in [0.15, 0.2) is 24.3 Å². The maximum absolute atomic E-state index is 12.9. The van der Waals surface area contributed by atoms with E-state index in [1.165, 1.54) is 0 Å². The van der Waals surface area contributed by atoms with Crippen LogP contribution in [0.3, 0.4) is 0 Å². The third-order valence-electron chi connectivity index (χ3n) is 5.67. The predicted molar refractivity (Wildman–Crippen MR) is 105 cm³/mol. The summed E-state index contributed by atoms with van der Waals surface area (Å²) < 4.78 is 2.25.